The molecule has 1 N–H and O–H groups in total. The number of amides is 1. The van der Waals surface area contributed by atoms with Crippen LogP contribution in [0, 0.1) is 5.92 Å². The van der Waals surface area contributed by atoms with Crippen LogP contribution in [-0.4, -0.2) is 46.4 Å². The van der Waals surface area contributed by atoms with E-state index in [0.29, 0.717) is 24.9 Å². The van der Waals surface area contributed by atoms with E-state index < -0.39 is 25.8 Å². The molecule has 1 aliphatic heterocycles. The Kier molecular flexibility index (Phi) is 8.11. The van der Waals surface area contributed by atoms with Gasteiger partial charge in [-0.2, -0.15) is 0 Å². The topological polar surface area (TPSA) is 101 Å². The van der Waals surface area contributed by atoms with E-state index in [1.807, 2.05) is 0 Å². The second-order valence-electron chi connectivity index (χ2n) is 8.23. The van der Waals surface area contributed by atoms with E-state index in [-0.39, 0.29) is 39.2 Å². The summed E-state index contributed by atoms with van der Waals surface area (Å²) in [5.41, 5.74) is 1.10. The molecule has 0 saturated carbocycles. The molecule has 2 aromatic carbocycles. The molecule has 1 fully saturated rings. The summed E-state index contributed by atoms with van der Waals surface area (Å²) in [5, 5.41) is 3.48. The predicted octanol–water partition coefficient (Wildman–Crippen LogP) is 3.82. The van der Waals surface area contributed by atoms with Gasteiger partial charge in [-0.25, -0.2) is 21.1 Å². The van der Waals surface area contributed by atoms with Crippen LogP contribution < -0.4 is 5.32 Å². The molecular formula is C22H26Cl2N2O5S2. The van der Waals surface area contributed by atoms with Gasteiger partial charge in [0.1, 0.15) is 0 Å². The highest BCUT2D eigenvalue weighted by Gasteiger charge is 2.33. The Morgan fingerprint density at radius 3 is 2.27 bits per heavy atom. The van der Waals surface area contributed by atoms with Crippen LogP contribution in [0.3, 0.4) is 0 Å². The van der Waals surface area contributed by atoms with Crippen molar-refractivity contribution >= 4 is 49.0 Å². The number of sulfone groups is 1. The van der Waals surface area contributed by atoms with Crippen molar-refractivity contribution in [2.24, 2.45) is 5.92 Å². The molecule has 2 aromatic rings. The average molecular weight is 533 g/mol. The fourth-order valence-corrected chi connectivity index (χ4v) is 6.76. The summed E-state index contributed by atoms with van der Waals surface area (Å²) in [6, 6.07) is 10.8. The molecule has 0 radical (unpaired) electrons. The van der Waals surface area contributed by atoms with Crippen LogP contribution in [0.25, 0.3) is 0 Å². The minimum atomic E-state index is -3.72. The largest absolute Gasteiger partial charge is 0.349 e. The summed E-state index contributed by atoms with van der Waals surface area (Å²) >= 11 is 12.3. The fourth-order valence-electron chi connectivity index (χ4n) is 3.77. The fraction of sp³-hybridized carbons (Fsp3) is 0.409. The number of nitrogens with zero attached hydrogens (tertiary/aromatic N) is 1. The zero-order valence-electron chi connectivity index (χ0n) is 18.3. The molecule has 3 rings (SSSR count). The molecule has 180 valence electrons. The van der Waals surface area contributed by atoms with Crippen LogP contribution >= 0.6 is 23.2 Å². The number of hydrogen-bond donors (Lipinski definition) is 1. The SMILES string of the molecule is CC(NC(=O)C1CCCN(S(=O)(=O)Cc2c(Cl)cccc2Cl)C1)c1ccc(S(C)(=O)=O)cc1. The van der Waals surface area contributed by atoms with E-state index in [0.717, 1.165) is 11.8 Å². The number of sulfonamides is 1. The lowest BCUT2D eigenvalue weighted by Gasteiger charge is -2.32. The first kappa shape index (κ1) is 26.0. The van der Waals surface area contributed by atoms with Crippen LogP contribution in [0.15, 0.2) is 47.4 Å². The second kappa shape index (κ2) is 10.3. The van der Waals surface area contributed by atoms with Gasteiger partial charge in [0, 0.05) is 35.0 Å². The lowest BCUT2D eigenvalue weighted by atomic mass is 9.98. The third-order valence-electron chi connectivity index (χ3n) is 5.70. The van der Waals surface area contributed by atoms with Gasteiger partial charge < -0.3 is 5.32 Å². The van der Waals surface area contributed by atoms with E-state index in [9.17, 15) is 21.6 Å². The molecule has 33 heavy (non-hydrogen) atoms. The summed E-state index contributed by atoms with van der Waals surface area (Å²) < 4.78 is 50.6. The maximum Gasteiger partial charge on any atom is 0.224 e. The molecule has 2 atom stereocenters. The maximum absolute atomic E-state index is 13.0. The van der Waals surface area contributed by atoms with E-state index in [1.54, 1.807) is 37.3 Å². The lowest BCUT2D eigenvalue weighted by Crippen LogP contribution is -2.46. The Hall–Kier alpha value is -1.65. The molecule has 11 heteroatoms. The van der Waals surface area contributed by atoms with Gasteiger partial charge in [-0.15, -0.1) is 0 Å². The van der Waals surface area contributed by atoms with Gasteiger partial charge in [-0.3, -0.25) is 4.79 Å². The lowest BCUT2D eigenvalue weighted by molar-refractivity contribution is -0.126. The predicted molar refractivity (Wildman–Crippen MR) is 129 cm³/mol. The molecule has 0 spiro atoms. The van der Waals surface area contributed by atoms with Gasteiger partial charge in [0.25, 0.3) is 0 Å². The molecule has 1 heterocycles. The Labute approximate surface area is 205 Å². The number of rotatable bonds is 7. The molecule has 0 aromatic heterocycles. The standard InChI is InChI=1S/C22H26Cl2N2O5S2/c1-15(16-8-10-18(11-9-16)32(2,28)29)25-22(27)17-5-4-12-26(13-17)33(30,31)14-19-20(23)6-3-7-21(19)24/h3,6-11,15,17H,4-5,12-14H2,1-2H3,(H,25,27). The van der Waals surface area contributed by atoms with Crippen molar-refractivity contribution < 1.29 is 21.6 Å². The number of halogens is 2. The average Bonchev–Trinajstić information content (AvgIpc) is 2.76. The number of carbonyl (C=O) groups is 1. The zero-order chi connectivity index (χ0) is 24.4. The molecule has 1 amide bonds. The van der Waals surface area contributed by atoms with E-state index in [1.165, 1.54) is 16.4 Å². The first-order chi connectivity index (χ1) is 15.4. The Balaban J connectivity index is 1.66. The second-order valence-corrected chi connectivity index (χ2v) is 13.0. The zero-order valence-corrected chi connectivity index (χ0v) is 21.4. The molecule has 7 nitrogen and oxygen atoms in total. The summed E-state index contributed by atoms with van der Waals surface area (Å²) in [4.78, 5) is 13.1. The number of nitrogens with one attached hydrogen (secondary N) is 1. The highest BCUT2D eigenvalue weighted by atomic mass is 35.5. The number of hydrogen-bond acceptors (Lipinski definition) is 5. The van der Waals surface area contributed by atoms with E-state index >= 15 is 0 Å². The highest BCUT2D eigenvalue weighted by molar-refractivity contribution is 7.90. The normalized spacial score (nSPS) is 18.6. The van der Waals surface area contributed by atoms with Crippen molar-refractivity contribution in [1.82, 2.24) is 9.62 Å². The molecule has 0 aliphatic carbocycles. The van der Waals surface area contributed by atoms with Crippen molar-refractivity contribution in [3.63, 3.8) is 0 Å². The number of carbonyl (C=O) groups excluding carboxylic acids is 1. The summed E-state index contributed by atoms with van der Waals surface area (Å²) in [6.07, 6.45) is 2.27. The molecule has 1 aliphatic rings. The molecular weight excluding hydrogens is 507 g/mol. The van der Waals surface area contributed by atoms with Gasteiger partial charge in [0.15, 0.2) is 9.84 Å². The summed E-state index contributed by atoms with van der Waals surface area (Å²) in [5.74, 6) is -1.07. The van der Waals surface area contributed by atoms with Gasteiger partial charge in [0.05, 0.1) is 22.6 Å². The third-order valence-corrected chi connectivity index (χ3v) is 9.31. The Morgan fingerprint density at radius 2 is 1.70 bits per heavy atom. The highest BCUT2D eigenvalue weighted by Crippen LogP contribution is 2.29. The molecule has 1 saturated heterocycles. The first-order valence-corrected chi connectivity index (χ1v) is 14.7. The number of benzene rings is 2. The monoisotopic (exact) mass is 532 g/mol. The minimum Gasteiger partial charge on any atom is -0.349 e. The van der Waals surface area contributed by atoms with Crippen molar-refractivity contribution in [2.45, 2.75) is 36.5 Å². The van der Waals surface area contributed by atoms with Gasteiger partial charge in [0.2, 0.25) is 15.9 Å². The van der Waals surface area contributed by atoms with Crippen LogP contribution in [0.2, 0.25) is 10.0 Å². The van der Waals surface area contributed by atoms with E-state index in [4.69, 9.17) is 23.2 Å². The van der Waals surface area contributed by atoms with Gasteiger partial charge in [-0.1, -0.05) is 41.4 Å². The Morgan fingerprint density at radius 1 is 1.09 bits per heavy atom. The van der Waals surface area contributed by atoms with Crippen LogP contribution in [0.4, 0.5) is 0 Å². The summed E-state index contributed by atoms with van der Waals surface area (Å²) in [6.45, 7) is 2.21. The van der Waals surface area contributed by atoms with Crippen LogP contribution in [0.1, 0.15) is 36.9 Å². The van der Waals surface area contributed by atoms with Crippen LogP contribution in [-0.2, 0) is 30.4 Å². The van der Waals surface area contributed by atoms with Gasteiger partial charge in [-0.05, 0) is 49.6 Å². The summed E-state index contributed by atoms with van der Waals surface area (Å²) in [7, 11) is -7.02. The number of piperidine rings is 1. The van der Waals surface area contributed by atoms with Gasteiger partial charge >= 0.3 is 0 Å². The third kappa shape index (κ3) is 6.48. The minimum absolute atomic E-state index is 0.0793. The molecule has 0 bridgehead atoms. The Bertz CT molecular complexity index is 1210. The van der Waals surface area contributed by atoms with Crippen molar-refractivity contribution in [3.8, 4) is 0 Å². The van der Waals surface area contributed by atoms with E-state index in [2.05, 4.69) is 5.32 Å². The van der Waals surface area contributed by atoms with Crippen molar-refractivity contribution in [1.29, 1.82) is 0 Å². The molecule has 2 unspecified atom stereocenters. The quantitative estimate of drug-likeness (QED) is 0.584. The first-order valence-electron chi connectivity index (χ1n) is 10.4. The maximum atomic E-state index is 13.0. The van der Waals surface area contributed by atoms with Crippen molar-refractivity contribution in [2.75, 3.05) is 19.3 Å². The van der Waals surface area contributed by atoms with Crippen molar-refractivity contribution in [3.05, 3.63) is 63.6 Å². The van der Waals surface area contributed by atoms with Crippen LogP contribution in [0.5, 0.6) is 0 Å². The smallest absolute Gasteiger partial charge is 0.224 e.